The second-order valence-corrected chi connectivity index (χ2v) is 4.81. The maximum absolute atomic E-state index is 12.2. The van der Waals surface area contributed by atoms with Crippen molar-refractivity contribution in [1.82, 2.24) is 4.90 Å². The Labute approximate surface area is 108 Å². The van der Waals surface area contributed by atoms with Crippen molar-refractivity contribution in [2.45, 2.75) is 38.6 Å². The number of benzene rings is 1. The van der Waals surface area contributed by atoms with Crippen LogP contribution in [0, 0.1) is 11.3 Å². The van der Waals surface area contributed by atoms with Crippen LogP contribution in [0.15, 0.2) is 24.3 Å². The number of hydrogen-bond acceptors (Lipinski definition) is 2. The fourth-order valence-electron chi connectivity index (χ4n) is 2.17. The molecule has 1 amide bonds. The average molecular weight is 242 g/mol. The maximum Gasteiger partial charge on any atom is 0.227 e. The molecule has 3 nitrogen and oxygen atoms in total. The molecule has 0 aliphatic heterocycles. The van der Waals surface area contributed by atoms with Crippen molar-refractivity contribution in [3.63, 3.8) is 0 Å². The lowest BCUT2D eigenvalue weighted by molar-refractivity contribution is -0.131. The van der Waals surface area contributed by atoms with E-state index in [0.29, 0.717) is 18.0 Å². The molecule has 1 aliphatic carbocycles. The summed E-state index contributed by atoms with van der Waals surface area (Å²) in [6, 6.07) is 9.89. The quantitative estimate of drug-likeness (QED) is 0.796. The molecule has 0 N–H and O–H groups in total. The first-order valence-electron chi connectivity index (χ1n) is 6.53. The zero-order chi connectivity index (χ0) is 13.0. The molecule has 3 heteroatoms. The SMILES string of the molecule is CCCN(C(=O)Cc1cccc(C#N)c1)C1CC1. The lowest BCUT2D eigenvalue weighted by Gasteiger charge is -2.21. The molecular weight excluding hydrogens is 224 g/mol. The summed E-state index contributed by atoms with van der Waals surface area (Å²) in [6.45, 7) is 2.94. The lowest BCUT2D eigenvalue weighted by atomic mass is 10.1. The Kier molecular flexibility index (Phi) is 3.99. The van der Waals surface area contributed by atoms with Crippen LogP contribution in [-0.4, -0.2) is 23.4 Å². The maximum atomic E-state index is 12.2. The van der Waals surface area contributed by atoms with E-state index in [-0.39, 0.29) is 5.91 Å². The van der Waals surface area contributed by atoms with Crippen LogP contribution in [0.2, 0.25) is 0 Å². The van der Waals surface area contributed by atoms with E-state index in [0.717, 1.165) is 31.4 Å². The second kappa shape index (κ2) is 5.68. The molecule has 0 aromatic heterocycles. The molecule has 0 atom stereocenters. The van der Waals surface area contributed by atoms with Crippen molar-refractivity contribution in [3.05, 3.63) is 35.4 Å². The molecule has 0 unspecified atom stereocenters. The van der Waals surface area contributed by atoms with Gasteiger partial charge in [-0.15, -0.1) is 0 Å². The molecule has 1 saturated carbocycles. The summed E-state index contributed by atoms with van der Waals surface area (Å²) >= 11 is 0. The topological polar surface area (TPSA) is 44.1 Å². The minimum Gasteiger partial charge on any atom is -0.339 e. The predicted octanol–water partition coefficient (Wildman–Crippen LogP) is 2.50. The summed E-state index contributed by atoms with van der Waals surface area (Å²) < 4.78 is 0. The van der Waals surface area contributed by atoms with Gasteiger partial charge in [-0.05, 0) is 37.0 Å². The average Bonchev–Trinajstić information content (AvgIpc) is 3.20. The van der Waals surface area contributed by atoms with Gasteiger partial charge in [0.25, 0.3) is 0 Å². The van der Waals surface area contributed by atoms with Crippen LogP contribution in [0.5, 0.6) is 0 Å². The molecular formula is C15H18N2O. The van der Waals surface area contributed by atoms with Crippen molar-refractivity contribution in [3.8, 4) is 6.07 Å². The molecule has 0 radical (unpaired) electrons. The molecule has 18 heavy (non-hydrogen) atoms. The van der Waals surface area contributed by atoms with Gasteiger partial charge in [-0.25, -0.2) is 0 Å². The van der Waals surface area contributed by atoms with Gasteiger partial charge in [-0.1, -0.05) is 19.1 Å². The van der Waals surface area contributed by atoms with Gasteiger partial charge in [0.2, 0.25) is 5.91 Å². The molecule has 2 rings (SSSR count). The summed E-state index contributed by atoms with van der Waals surface area (Å²) in [6.07, 6.45) is 3.69. The highest BCUT2D eigenvalue weighted by Gasteiger charge is 2.31. The molecule has 1 aliphatic rings. The summed E-state index contributed by atoms with van der Waals surface area (Å²) in [5.74, 6) is 0.189. The number of nitrogens with zero attached hydrogens (tertiary/aromatic N) is 2. The highest BCUT2D eigenvalue weighted by molar-refractivity contribution is 5.79. The van der Waals surface area contributed by atoms with E-state index in [2.05, 4.69) is 13.0 Å². The molecule has 0 bridgehead atoms. The normalized spacial score (nSPS) is 14.0. The largest absolute Gasteiger partial charge is 0.339 e. The Morgan fingerprint density at radius 1 is 1.50 bits per heavy atom. The fraction of sp³-hybridized carbons (Fsp3) is 0.467. The van der Waals surface area contributed by atoms with E-state index in [1.807, 2.05) is 17.0 Å². The zero-order valence-electron chi connectivity index (χ0n) is 10.7. The van der Waals surface area contributed by atoms with Crippen LogP contribution in [0.25, 0.3) is 0 Å². The van der Waals surface area contributed by atoms with Gasteiger partial charge in [0.05, 0.1) is 18.1 Å². The Balaban J connectivity index is 2.03. The second-order valence-electron chi connectivity index (χ2n) is 4.81. The number of amides is 1. The third-order valence-corrected chi connectivity index (χ3v) is 3.18. The van der Waals surface area contributed by atoms with Crippen molar-refractivity contribution in [1.29, 1.82) is 5.26 Å². The van der Waals surface area contributed by atoms with Gasteiger partial charge in [-0.2, -0.15) is 5.26 Å². The van der Waals surface area contributed by atoms with Gasteiger partial charge in [0, 0.05) is 12.6 Å². The summed E-state index contributed by atoms with van der Waals surface area (Å²) in [5, 5.41) is 8.84. The first-order chi connectivity index (χ1) is 8.74. The first-order valence-corrected chi connectivity index (χ1v) is 6.53. The smallest absolute Gasteiger partial charge is 0.227 e. The Morgan fingerprint density at radius 2 is 2.28 bits per heavy atom. The van der Waals surface area contributed by atoms with E-state index in [1.165, 1.54) is 0 Å². The minimum absolute atomic E-state index is 0.189. The molecule has 0 heterocycles. The third kappa shape index (κ3) is 3.10. The standard InChI is InChI=1S/C15H18N2O/c1-2-8-17(14-6-7-14)15(18)10-12-4-3-5-13(9-12)11-16/h3-5,9,14H,2,6-8,10H2,1H3. The van der Waals surface area contributed by atoms with Gasteiger partial charge < -0.3 is 4.90 Å². The minimum atomic E-state index is 0.189. The highest BCUT2D eigenvalue weighted by Crippen LogP contribution is 2.27. The molecule has 0 saturated heterocycles. The van der Waals surface area contributed by atoms with Crippen LogP contribution in [0.1, 0.15) is 37.3 Å². The van der Waals surface area contributed by atoms with Gasteiger partial charge in [0.1, 0.15) is 0 Å². The molecule has 1 aromatic carbocycles. The number of carbonyl (C=O) groups is 1. The number of rotatable bonds is 5. The summed E-state index contributed by atoms with van der Waals surface area (Å²) in [4.78, 5) is 14.2. The predicted molar refractivity (Wildman–Crippen MR) is 69.9 cm³/mol. The highest BCUT2D eigenvalue weighted by atomic mass is 16.2. The van der Waals surface area contributed by atoms with Crippen LogP contribution in [0.3, 0.4) is 0 Å². The lowest BCUT2D eigenvalue weighted by Crippen LogP contribution is -2.34. The van der Waals surface area contributed by atoms with E-state index in [1.54, 1.807) is 12.1 Å². The number of carbonyl (C=O) groups excluding carboxylic acids is 1. The van der Waals surface area contributed by atoms with Crippen LogP contribution >= 0.6 is 0 Å². The van der Waals surface area contributed by atoms with Crippen molar-refractivity contribution >= 4 is 5.91 Å². The van der Waals surface area contributed by atoms with Crippen molar-refractivity contribution < 1.29 is 4.79 Å². The van der Waals surface area contributed by atoms with Crippen LogP contribution < -0.4 is 0 Å². The third-order valence-electron chi connectivity index (χ3n) is 3.18. The molecule has 94 valence electrons. The Hall–Kier alpha value is -1.82. The van der Waals surface area contributed by atoms with Crippen molar-refractivity contribution in [2.75, 3.05) is 6.54 Å². The molecule has 1 fully saturated rings. The van der Waals surface area contributed by atoms with E-state index < -0.39 is 0 Å². The van der Waals surface area contributed by atoms with E-state index in [9.17, 15) is 4.79 Å². The summed E-state index contributed by atoms with van der Waals surface area (Å²) in [7, 11) is 0. The number of nitriles is 1. The van der Waals surface area contributed by atoms with Gasteiger partial charge >= 0.3 is 0 Å². The Bertz CT molecular complexity index is 472. The zero-order valence-corrected chi connectivity index (χ0v) is 10.7. The monoisotopic (exact) mass is 242 g/mol. The van der Waals surface area contributed by atoms with E-state index >= 15 is 0 Å². The molecule has 0 spiro atoms. The molecule has 1 aromatic rings. The summed E-state index contributed by atoms with van der Waals surface area (Å²) in [5.41, 5.74) is 1.55. The number of hydrogen-bond donors (Lipinski definition) is 0. The van der Waals surface area contributed by atoms with Crippen molar-refractivity contribution in [2.24, 2.45) is 0 Å². The van der Waals surface area contributed by atoms with E-state index in [4.69, 9.17) is 5.26 Å². The Morgan fingerprint density at radius 3 is 2.89 bits per heavy atom. The van der Waals surface area contributed by atoms with Gasteiger partial charge in [0.15, 0.2) is 0 Å². The fourth-order valence-corrected chi connectivity index (χ4v) is 2.17. The van der Waals surface area contributed by atoms with Gasteiger partial charge in [-0.3, -0.25) is 4.79 Å². The first kappa shape index (κ1) is 12.6. The van der Waals surface area contributed by atoms with Crippen LogP contribution in [0.4, 0.5) is 0 Å². The van der Waals surface area contributed by atoms with Crippen LogP contribution in [-0.2, 0) is 11.2 Å².